The second kappa shape index (κ2) is 8.34. The molecule has 2 aliphatic rings. The summed E-state index contributed by atoms with van der Waals surface area (Å²) in [5.41, 5.74) is 3.50. The normalized spacial score (nSPS) is 16.8. The molecule has 0 saturated heterocycles. The molecule has 1 atom stereocenters. The van der Waals surface area contributed by atoms with Crippen LogP contribution in [0.5, 0.6) is 0 Å². The number of rotatable bonds is 3. The van der Waals surface area contributed by atoms with Crippen molar-refractivity contribution in [2.24, 2.45) is 9.98 Å². The first-order valence-electron chi connectivity index (χ1n) is 10.5. The average Bonchev–Trinajstić information content (AvgIpc) is 3.21. The lowest BCUT2D eigenvalue weighted by molar-refractivity contribution is -0.119. The Bertz CT molecular complexity index is 1580. The van der Waals surface area contributed by atoms with Gasteiger partial charge in [0, 0.05) is 28.1 Å². The molecule has 2 aromatic carbocycles. The molecule has 2 aromatic heterocycles. The summed E-state index contributed by atoms with van der Waals surface area (Å²) < 4.78 is 2.31. The number of hydrogen-bond donors (Lipinski definition) is 0. The Kier molecular flexibility index (Phi) is 5.15. The van der Waals surface area contributed by atoms with Gasteiger partial charge in [0.25, 0.3) is 11.5 Å². The van der Waals surface area contributed by atoms with Gasteiger partial charge in [-0.1, -0.05) is 54.2 Å². The Morgan fingerprint density at radius 2 is 1.74 bits per heavy atom. The number of nitrogens with zero attached hydrogens (tertiary/aromatic N) is 5. The van der Waals surface area contributed by atoms with Crippen molar-refractivity contribution in [3.8, 4) is 0 Å². The minimum Gasteiger partial charge on any atom is -0.288 e. The van der Waals surface area contributed by atoms with E-state index < -0.39 is 6.04 Å². The number of pyridine rings is 1. The first-order chi connectivity index (χ1) is 16.6. The third kappa shape index (κ3) is 3.57. The molecule has 4 heterocycles. The number of aliphatic imine (C=N–C) groups is 2. The van der Waals surface area contributed by atoms with Crippen LogP contribution in [0.2, 0.25) is 0 Å². The Hall–Kier alpha value is -3.56. The molecule has 1 amide bonds. The summed E-state index contributed by atoms with van der Waals surface area (Å²) in [5.74, 6) is 0.796. The third-order valence-corrected chi connectivity index (χ3v) is 7.10. The smallest absolute Gasteiger partial charge is 0.275 e. The first-order valence-corrected chi connectivity index (χ1v) is 12.3. The first kappa shape index (κ1) is 21.0. The summed E-state index contributed by atoms with van der Waals surface area (Å²) >= 11 is 4.82. The summed E-state index contributed by atoms with van der Waals surface area (Å²) in [4.78, 5) is 41.5. The fourth-order valence-corrected chi connectivity index (χ4v) is 5.38. The lowest BCUT2D eigenvalue weighted by Crippen LogP contribution is -2.38. The van der Waals surface area contributed by atoms with Crippen LogP contribution >= 0.6 is 27.7 Å². The second-order valence-corrected chi connectivity index (χ2v) is 9.68. The van der Waals surface area contributed by atoms with Gasteiger partial charge in [-0.2, -0.15) is 4.99 Å². The molecule has 0 radical (unpaired) electrons. The zero-order valence-electron chi connectivity index (χ0n) is 17.6. The van der Waals surface area contributed by atoms with Crippen LogP contribution in [0.4, 0.5) is 5.69 Å². The summed E-state index contributed by atoms with van der Waals surface area (Å²) in [5, 5.41) is 0.648. The van der Waals surface area contributed by atoms with Gasteiger partial charge < -0.3 is 0 Å². The summed E-state index contributed by atoms with van der Waals surface area (Å²) in [7, 11) is 0. The molecule has 0 bridgehead atoms. The molecule has 0 spiro atoms. The molecule has 0 fully saturated rings. The number of amidine groups is 2. The van der Waals surface area contributed by atoms with Crippen molar-refractivity contribution in [2.45, 2.75) is 11.8 Å². The molecule has 34 heavy (non-hydrogen) atoms. The molecule has 7 nitrogen and oxygen atoms in total. The SMILES string of the molecule is O=C1N=C2c3ccccc3N=C(SCc3cc(=O)n4cc(Br)ccc4n3)N2C1c1ccccc1. The van der Waals surface area contributed by atoms with Gasteiger partial charge in [0.2, 0.25) is 0 Å². The zero-order valence-corrected chi connectivity index (χ0v) is 20.0. The molecule has 0 N–H and O–H groups in total. The Balaban J connectivity index is 1.39. The number of thioether (sulfide) groups is 1. The number of carbonyl (C=O) groups excluding carboxylic acids is 1. The number of fused-ring (bicyclic) bond motifs is 4. The summed E-state index contributed by atoms with van der Waals surface area (Å²) in [6.45, 7) is 0. The maximum Gasteiger partial charge on any atom is 0.275 e. The van der Waals surface area contributed by atoms with Crippen molar-refractivity contribution in [1.29, 1.82) is 0 Å². The van der Waals surface area contributed by atoms with Gasteiger partial charge in [-0.25, -0.2) is 9.98 Å². The van der Waals surface area contributed by atoms with Crippen LogP contribution in [0.1, 0.15) is 22.9 Å². The molecular weight excluding hydrogens is 514 g/mol. The Morgan fingerprint density at radius 3 is 2.59 bits per heavy atom. The number of para-hydroxylation sites is 1. The van der Waals surface area contributed by atoms with E-state index in [4.69, 9.17) is 4.99 Å². The topological polar surface area (TPSA) is 79.4 Å². The molecule has 166 valence electrons. The fourth-order valence-electron chi connectivity index (χ4n) is 4.13. The molecule has 4 aromatic rings. The summed E-state index contributed by atoms with van der Waals surface area (Å²) in [6.07, 6.45) is 1.70. The maximum atomic E-state index is 13.0. The van der Waals surface area contributed by atoms with E-state index in [1.165, 1.54) is 22.2 Å². The molecule has 6 rings (SSSR count). The largest absolute Gasteiger partial charge is 0.288 e. The zero-order chi connectivity index (χ0) is 23.2. The number of benzene rings is 2. The molecule has 0 aliphatic carbocycles. The molecule has 2 aliphatic heterocycles. The molecule has 9 heteroatoms. The highest BCUT2D eigenvalue weighted by Gasteiger charge is 2.42. The number of carbonyl (C=O) groups is 1. The molecule has 0 saturated carbocycles. The number of amides is 1. The fraction of sp³-hybridized carbons (Fsp3) is 0.0800. The lowest BCUT2D eigenvalue weighted by Gasteiger charge is -2.31. The van der Waals surface area contributed by atoms with Crippen molar-refractivity contribution in [1.82, 2.24) is 14.3 Å². The van der Waals surface area contributed by atoms with Gasteiger partial charge in [0.05, 0.1) is 11.4 Å². The van der Waals surface area contributed by atoms with Gasteiger partial charge in [0.1, 0.15) is 17.5 Å². The second-order valence-electron chi connectivity index (χ2n) is 7.82. The highest BCUT2D eigenvalue weighted by Crippen LogP contribution is 2.39. The monoisotopic (exact) mass is 529 g/mol. The number of aromatic nitrogens is 2. The van der Waals surface area contributed by atoms with Crippen molar-refractivity contribution < 1.29 is 4.79 Å². The van der Waals surface area contributed by atoms with Crippen LogP contribution in [-0.2, 0) is 10.5 Å². The van der Waals surface area contributed by atoms with E-state index in [2.05, 4.69) is 25.9 Å². The quantitative estimate of drug-likeness (QED) is 0.383. The van der Waals surface area contributed by atoms with Crippen LogP contribution in [0.15, 0.2) is 98.2 Å². The van der Waals surface area contributed by atoms with E-state index in [1.54, 1.807) is 12.3 Å². The van der Waals surface area contributed by atoms with Crippen molar-refractivity contribution in [3.05, 3.63) is 111 Å². The summed E-state index contributed by atoms with van der Waals surface area (Å²) in [6, 6.07) is 21.9. The predicted molar refractivity (Wildman–Crippen MR) is 137 cm³/mol. The molecular formula is C25H16BrN5O2S. The van der Waals surface area contributed by atoms with Gasteiger partial charge in [-0.15, -0.1) is 0 Å². The van der Waals surface area contributed by atoms with Crippen molar-refractivity contribution in [3.63, 3.8) is 0 Å². The van der Waals surface area contributed by atoms with Crippen molar-refractivity contribution in [2.75, 3.05) is 0 Å². The van der Waals surface area contributed by atoms with Crippen LogP contribution in [-0.4, -0.2) is 31.2 Å². The minimum absolute atomic E-state index is 0.154. The average molecular weight is 530 g/mol. The van der Waals surface area contributed by atoms with Gasteiger partial charge >= 0.3 is 0 Å². The van der Waals surface area contributed by atoms with Crippen LogP contribution in [0, 0.1) is 0 Å². The molecule has 1 unspecified atom stereocenters. The number of hydrogen-bond acceptors (Lipinski definition) is 6. The van der Waals surface area contributed by atoms with Crippen LogP contribution < -0.4 is 5.56 Å². The van der Waals surface area contributed by atoms with E-state index >= 15 is 0 Å². The Labute approximate surface area is 207 Å². The van der Waals surface area contributed by atoms with Crippen LogP contribution in [0.25, 0.3) is 5.65 Å². The van der Waals surface area contributed by atoms with Crippen molar-refractivity contribution >= 4 is 55.9 Å². The van der Waals surface area contributed by atoms with Gasteiger partial charge in [0.15, 0.2) is 5.17 Å². The predicted octanol–water partition coefficient (Wildman–Crippen LogP) is 4.72. The number of halogens is 1. The van der Waals surface area contributed by atoms with E-state index in [9.17, 15) is 9.59 Å². The van der Waals surface area contributed by atoms with E-state index in [0.717, 1.165) is 21.3 Å². The highest BCUT2D eigenvalue weighted by atomic mass is 79.9. The van der Waals surface area contributed by atoms with Gasteiger partial charge in [-0.05, 0) is 45.8 Å². The Morgan fingerprint density at radius 1 is 0.941 bits per heavy atom. The van der Waals surface area contributed by atoms with E-state index in [1.807, 2.05) is 65.6 Å². The lowest BCUT2D eigenvalue weighted by atomic mass is 10.0. The third-order valence-electron chi connectivity index (χ3n) is 5.64. The van der Waals surface area contributed by atoms with Gasteiger partial charge in [-0.3, -0.25) is 18.9 Å². The standard InChI is InChI=1S/C25H16BrN5O2S/c26-16-10-11-20-27-17(12-21(32)30(20)13-16)14-34-25-28-19-9-5-4-8-18(19)23-29-24(33)22(31(23)25)15-6-2-1-3-7-15/h1-13,22H,14H2. The van der Waals surface area contributed by atoms with E-state index in [-0.39, 0.29) is 11.5 Å². The maximum absolute atomic E-state index is 13.0. The van der Waals surface area contributed by atoms with Crippen LogP contribution in [0.3, 0.4) is 0 Å². The van der Waals surface area contributed by atoms with E-state index in [0.29, 0.717) is 28.1 Å². The minimum atomic E-state index is -0.580. The highest BCUT2D eigenvalue weighted by molar-refractivity contribution is 9.10.